The van der Waals surface area contributed by atoms with Crippen LogP contribution in [0.4, 0.5) is 19.3 Å². The third-order valence-corrected chi connectivity index (χ3v) is 4.68. The van der Waals surface area contributed by atoms with E-state index in [4.69, 9.17) is 0 Å². The van der Waals surface area contributed by atoms with Gasteiger partial charge in [0.1, 0.15) is 18.0 Å². The van der Waals surface area contributed by atoms with E-state index in [0.717, 1.165) is 49.0 Å². The molecule has 27 heavy (non-hydrogen) atoms. The van der Waals surface area contributed by atoms with Gasteiger partial charge in [0.15, 0.2) is 0 Å². The third-order valence-electron chi connectivity index (χ3n) is 3.87. The minimum Gasteiger partial charge on any atom is -0.288 e. The van der Waals surface area contributed by atoms with Crippen LogP contribution < -0.4 is 10.6 Å². The van der Waals surface area contributed by atoms with E-state index >= 15 is 0 Å². The third kappa shape index (κ3) is 3.63. The molecule has 0 aliphatic rings. The molecule has 0 aliphatic carbocycles. The molecule has 3 rings (SSSR count). The first kappa shape index (κ1) is 18.8. The van der Waals surface area contributed by atoms with Crippen molar-refractivity contribution < 1.29 is 13.6 Å². The fourth-order valence-electron chi connectivity index (χ4n) is 2.50. The van der Waals surface area contributed by atoms with Gasteiger partial charge < -0.3 is 0 Å². The molecular weight excluding hydrogens is 378 g/mol. The van der Waals surface area contributed by atoms with Crippen molar-refractivity contribution in [3.05, 3.63) is 57.2 Å². The number of hydrogen-bond acceptors (Lipinski definition) is 6. The summed E-state index contributed by atoms with van der Waals surface area (Å²) < 4.78 is 33.1. The first-order chi connectivity index (χ1) is 12.8. The standard InChI is InChI=1S/C16H16F2N6O2S/c1-9(2)24(13-5-4-11(17)6-12(13)18)16(26)22-8-19-23(15(22)25)7-14-10(3)20-21-27-14/h4-6,8-9H,7H2,1-3H3. The highest BCUT2D eigenvalue weighted by Gasteiger charge is 2.26. The molecule has 0 aliphatic heterocycles. The number of aromatic nitrogens is 5. The van der Waals surface area contributed by atoms with Crippen LogP contribution in [-0.4, -0.2) is 36.0 Å². The highest BCUT2D eigenvalue weighted by molar-refractivity contribution is 7.05. The minimum absolute atomic E-state index is 0.120. The monoisotopic (exact) mass is 394 g/mol. The average molecular weight is 394 g/mol. The normalized spacial score (nSPS) is 11.2. The van der Waals surface area contributed by atoms with Crippen molar-refractivity contribution in [1.82, 2.24) is 23.9 Å². The van der Waals surface area contributed by atoms with E-state index in [1.165, 1.54) is 0 Å². The second-order valence-corrected chi connectivity index (χ2v) is 6.90. The lowest BCUT2D eigenvalue weighted by Gasteiger charge is -2.26. The Bertz CT molecular complexity index is 1040. The van der Waals surface area contributed by atoms with Gasteiger partial charge >= 0.3 is 11.7 Å². The van der Waals surface area contributed by atoms with Crippen LogP contribution in [0.1, 0.15) is 24.4 Å². The van der Waals surface area contributed by atoms with Crippen molar-refractivity contribution in [3.8, 4) is 0 Å². The van der Waals surface area contributed by atoms with Crippen LogP contribution in [0.5, 0.6) is 0 Å². The number of carbonyl (C=O) groups is 1. The molecule has 0 N–H and O–H groups in total. The van der Waals surface area contributed by atoms with Crippen molar-refractivity contribution in [2.75, 3.05) is 4.90 Å². The maximum absolute atomic E-state index is 14.2. The molecule has 0 saturated heterocycles. The first-order valence-corrected chi connectivity index (χ1v) is 8.78. The predicted octanol–water partition coefficient (Wildman–Crippen LogP) is 2.41. The smallest absolute Gasteiger partial charge is 0.288 e. The van der Waals surface area contributed by atoms with E-state index in [9.17, 15) is 18.4 Å². The Labute approximate surface area is 156 Å². The van der Waals surface area contributed by atoms with Crippen LogP contribution >= 0.6 is 11.5 Å². The molecule has 2 heterocycles. The number of benzene rings is 1. The molecule has 0 atom stereocenters. The zero-order valence-electron chi connectivity index (χ0n) is 14.8. The zero-order valence-corrected chi connectivity index (χ0v) is 15.6. The van der Waals surface area contributed by atoms with Gasteiger partial charge in [-0.25, -0.2) is 23.1 Å². The Morgan fingerprint density at radius 1 is 1.33 bits per heavy atom. The quantitative estimate of drug-likeness (QED) is 0.678. The van der Waals surface area contributed by atoms with Crippen molar-refractivity contribution in [1.29, 1.82) is 0 Å². The molecule has 0 saturated carbocycles. The molecule has 8 nitrogen and oxygen atoms in total. The minimum atomic E-state index is -0.899. The largest absolute Gasteiger partial charge is 0.354 e. The molecule has 142 valence electrons. The molecule has 0 unspecified atom stereocenters. The lowest BCUT2D eigenvalue weighted by molar-refractivity contribution is 0.245. The maximum Gasteiger partial charge on any atom is 0.354 e. The summed E-state index contributed by atoms with van der Waals surface area (Å²) in [7, 11) is 0. The summed E-state index contributed by atoms with van der Waals surface area (Å²) >= 11 is 1.13. The highest BCUT2D eigenvalue weighted by atomic mass is 32.1. The summed E-state index contributed by atoms with van der Waals surface area (Å²) in [4.78, 5) is 27.3. The van der Waals surface area contributed by atoms with E-state index in [1.54, 1.807) is 20.8 Å². The number of anilines is 1. The molecule has 3 aromatic rings. The van der Waals surface area contributed by atoms with Gasteiger partial charge in [-0.2, -0.15) is 9.67 Å². The van der Waals surface area contributed by atoms with Gasteiger partial charge in [0.2, 0.25) is 0 Å². The molecule has 0 fully saturated rings. The molecule has 11 heteroatoms. The molecular formula is C16H16F2N6O2S. The Balaban J connectivity index is 1.96. The van der Waals surface area contributed by atoms with E-state index in [1.807, 2.05) is 0 Å². The Kier molecular flexibility index (Phi) is 5.13. The van der Waals surface area contributed by atoms with Crippen molar-refractivity contribution >= 4 is 23.3 Å². The van der Waals surface area contributed by atoms with Crippen LogP contribution in [0.25, 0.3) is 0 Å². The van der Waals surface area contributed by atoms with E-state index < -0.39 is 29.4 Å². The topological polar surface area (TPSA) is 85.9 Å². The maximum atomic E-state index is 14.2. The SMILES string of the molecule is Cc1nnsc1Cn1ncn(C(=O)N(c2ccc(F)cc2F)C(C)C)c1=O. The first-order valence-electron chi connectivity index (χ1n) is 8.00. The number of rotatable bonds is 4. The Morgan fingerprint density at radius 2 is 2.07 bits per heavy atom. The summed E-state index contributed by atoms with van der Waals surface area (Å²) in [6, 6.07) is 1.62. The van der Waals surface area contributed by atoms with Gasteiger partial charge in [0, 0.05) is 12.1 Å². The van der Waals surface area contributed by atoms with Crippen LogP contribution in [0.3, 0.4) is 0 Å². The van der Waals surface area contributed by atoms with E-state index in [2.05, 4.69) is 14.7 Å². The fourth-order valence-corrected chi connectivity index (χ4v) is 3.12. The summed E-state index contributed by atoms with van der Waals surface area (Å²) in [5, 5.41) is 7.81. The summed E-state index contributed by atoms with van der Waals surface area (Å²) in [6.45, 7) is 5.18. The van der Waals surface area contributed by atoms with Gasteiger partial charge in [-0.3, -0.25) is 4.90 Å². The second kappa shape index (κ2) is 7.35. The van der Waals surface area contributed by atoms with Crippen LogP contribution in [0, 0.1) is 18.6 Å². The predicted molar refractivity (Wildman–Crippen MR) is 95.0 cm³/mol. The lowest BCUT2D eigenvalue weighted by Crippen LogP contribution is -2.44. The van der Waals surface area contributed by atoms with Crippen molar-refractivity contribution in [2.24, 2.45) is 0 Å². The number of hydrogen-bond donors (Lipinski definition) is 0. The lowest BCUT2D eigenvalue weighted by atomic mass is 10.2. The number of halogens is 2. The molecule has 0 spiro atoms. The highest BCUT2D eigenvalue weighted by Crippen LogP contribution is 2.23. The van der Waals surface area contributed by atoms with Crippen molar-refractivity contribution in [3.63, 3.8) is 0 Å². The fraction of sp³-hybridized carbons (Fsp3) is 0.312. The molecule has 1 aromatic carbocycles. The number of nitrogens with zero attached hydrogens (tertiary/aromatic N) is 6. The Hall–Kier alpha value is -2.95. The van der Waals surface area contributed by atoms with E-state index in [-0.39, 0.29) is 12.2 Å². The van der Waals surface area contributed by atoms with Crippen LogP contribution in [-0.2, 0) is 6.54 Å². The van der Waals surface area contributed by atoms with Gasteiger partial charge in [-0.1, -0.05) is 4.49 Å². The van der Waals surface area contributed by atoms with Gasteiger partial charge in [0.05, 0.1) is 22.8 Å². The van der Waals surface area contributed by atoms with Crippen LogP contribution in [0.2, 0.25) is 0 Å². The number of carbonyl (C=O) groups excluding carboxylic acids is 1. The van der Waals surface area contributed by atoms with Gasteiger partial charge in [-0.05, 0) is 44.4 Å². The molecule has 1 amide bonds. The molecule has 2 aromatic heterocycles. The molecule has 0 bridgehead atoms. The summed E-state index contributed by atoms with van der Waals surface area (Å²) in [6.07, 6.45) is 1.07. The van der Waals surface area contributed by atoms with Crippen molar-refractivity contribution in [2.45, 2.75) is 33.4 Å². The van der Waals surface area contributed by atoms with Gasteiger partial charge in [-0.15, -0.1) is 5.10 Å². The summed E-state index contributed by atoms with van der Waals surface area (Å²) in [5.74, 6) is -1.66. The number of aryl methyl sites for hydroxylation is 1. The van der Waals surface area contributed by atoms with Crippen LogP contribution in [0.15, 0.2) is 29.3 Å². The number of amides is 1. The Morgan fingerprint density at radius 3 is 2.67 bits per heavy atom. The molecule has 0 radical (unpaired) electrons. The zero-order chi connectivity index (χ0) is 19.7. The second-order valence-electron chi connectivity index (χ2n) is 6.06. The summed E-state index contributed by atoms with van der Waals surface area (Å²) in [5.41, 5.74) is -0.135. The van der Waals surface area contributed by atoms with Gasteiger partial charge in [0.25, 0.3) is 0 Å². The average Bonchev–Trinajstić information content (AvgIpc) is 3.16. The van der Waals surface area contributed by atoms with E-state index in [0.29, 0.717) is 11.8 Å².